The van der Waals surface area contributed by atoms with Crippen LogP contribution in [0, 0.1) is 5.92 Å². The Balaban J connectivity index is 2.28. The van der Waals surface area contributed by atoms with Gasteiger partial charge in [0.15, 0.2) is 0 Å². The van der Waals surface area contributed by atoms with Crippen LogP contribution in [0.4, 0.5) is 9.59 Å². The zero-order chi connectivity index (χ0) is 17.8. The minimum absolute atomic E-state index is 0.261. The van der Waals surface area contributed by atoms with Crippen molar-refractivity contribution in [1.82, 2.24) is 0 Å². The molecule has 0 bridgehead atoms. The first kappa shape index (κ1) is 20.6. The number of rotatable bonds is 9. The molecule has 3 unspecified atom stereocenters. The SMILES string of the molecule is CCCCC(CC)COC(=O)OC1CCCC(OC(=O)OCC)C1. The van der Waals surface area contributed by atoms with Crippen LogP contribution >= 0.6 is 0 Å². The third-order valence-electron chi connectivity index (χ3n) is 4.35. The molecule has 0 N–H and O–H groups in total. The van der Waals surface area contributed by atoms with E-state index < -0.39 is 12.3 Å². The van der Waals surface area contributed by atoms with E-state index in [2.05, 4.69) is 13.8 Å². The fraction of sp³-hybridized carbons (Fsp3) is 0.889. The standard InChI is InChI=1S/C18H32O6/c1-4-7-9-14(5-2)13-22-18(20)24-16-11-8-10-15(12-16)23-17(19)21-6-3/h14-16H,4-13H2,1-3H3. The molecule has 0 aromatic carbocycles. The maximum atomic E-state index is 11.9. The molecule has 1 rings (SSSR count). The van der Waals surface area contributed by atoms with Gasteiger partial charge in [-0.3, -0.25) is 0 Å². The second kappa shape index (κ2) is 12.0. The molecule has 1 fully saturated rings. The topological polar surface area (TPSA) is 71.1 Å². The molecule has 3 atom stereocenters. The number of ether oxygens (including phenoxy) is 4. The fourth-order valence-corrected chi connectivity index (χ4v) is 2.86. The van der Waals surface area contributed by atoms with Crippen LogP contribution in [-0.4, -0.2) is 37.7 Å². The lowest BCUT2D eigenvalue weighted by molar-refractivity contribution is -0.0365. The van der Waals surface area contributed by atoms with Crippen LogP contribution in [0.5, 0.6) is 0 Å². The van der Waals surface area contributed by atoms with E-state index in [0.29, 0.717) is 18.9 Å². The van der Waals surface area contributed by atoms with Crippen LogP contribution in [0.25, 0.3) is 0 Å². The largest absolute Gasteiger partial charge is 0.508 e. The third-order valence-corrected chi connectivity index (χ3v) is 4.35. The van der Waals surface area contributed by atoms with Crippen LogP contribution in [0.1, 0.15) is 72.1 Å². The first-order chi connectivity index (χ1) is 11.6. The molecular weight excluding hydrogens is 312 g/mol. The van der Waals surface area contributed by atoms with Gasteiger partial charge in [0.2, 0.25) is 0 Å². The molecule has 6 nitrogen and oxygen atoms in total. The molecule has 0 aliphatic heterocycles. The van der Waals surface area contributed by atoms with Crippen LogP contribution < -0.4 is 0 Å². The molecule has 0 heterocycles. The average Bonchev–Trinajstić information content (AvgIpc) is 2.55. The molecule has 0 aromatic heterocycles. The summed E-state index contributed by atoms with van der Waals surface area (Å²) in [7, 11) is 0. The van der Waals surface area contributed by atoms with Crippen molar-refractivity contribution in [3.05, 3.63) is 0 Å². The van der Waals surface area contributed by atoms with Crippen molar-refractivity contribution in [2.45, 2.75) is 84.3 Å². The smallest absolute Gasteiger partial charge is 0.435 e. The summed E-state index contributed by atoms with van der Waals surface area (Å²) in [6, 6.07) is 0. The zero-order valence-electron chi connectivity index (χ0n) is 15.3. The minimum Gasteiger partial charge on any atom is -0.435 e. The molecule has 1 aliphatic rings. The molecular formula is C18H32O6. The highest BCUT2D eigenvalue weighted by molar-refractivity contribution is 5.60. The Labute approximate surface area is 145 Å². The fourth-order valence-electron chi connectivity index (χ4n) is 2.86. The van der Waals surface area contributed by atoms with Crippen molar-refractivity contribution < 1.29 is 28.5 Å². The van der Waals surface area contributed by atoms with Crippen LogP contribution in [0.2, 0.25) is 0 Å². The molecule has 0 aromatic rings. The Hall–Kier alpha value is -1.46. The van der Waals surface area contributed by atoms with Crippen molar-refractivity contribution in [3.8, 4) is 0 Å². The van der Waals surface area contributed by atoms with E-state index in [1.807, 2.05) is 0 Å². The lowest BCUT2D eigenvalue weighted by atomic mass is 9.95. The summed E-state index contributed by atoms with van der Waals surface area (Å²) in [6.45, 7) is 6.68. The average molecular weight is 344 g/mol. The van der Waals surface area contributed by atoms with E-state index >= 15 is 0 Å². The van der Waals surface area contributed by atoms with E-state index in [1.54, 1.807) is 6.92 Å². The van der Waals surface area contributed by atoms with Gasteiger partial charge in [-0.15, -0.1) is 0 Å². The van der Waals surface area contributed by atoms with Gasteiger partial charge in [-0.05, 0) is 38.5 Å². The lowest BCUT2D eigenvalue weighted by Crippen LogP contribution is -2.32. The predicted octanol–water partition coefficient (Wildman–Crippen LogP) is 4.84. The van der Waals surface area contributed by atoms with Crippen molar-refractivity contribution in [3.63, 3.8) is 0 Å². The lowest BCUT2D eigenvalue weighted by Gasteiger charge is -2.28. The number of carbonyl (C=O) groups excluding carboxylic acids is 2. The number of unbranched alkanes of at least 4 members (excludes halogenated alkanes) is 1. The second-order valence-corrected chi connectivity index (χ2v) is 6.31. The van der Waals surface area contributed by atoms with Gasteiger partial charge in [-0.1, -0.05) is 33.1 Å². The summed E-state index contributed by atoms with van der Waals surface area (Å²) in [4.78, 5) is 23.2. The maximum absolute atomic E-state index is 11.9. The normalized spacial score (nSPS) is 21.6. The van der Waals surface area contributed by atoms with E-state index in [4.69, 9.17) is 18.9 Å². The van der Waals surface area contributed by atoms with E-state index in [0.717, 1.165) is 44.9 Å². The Morgan fingerprint density at radius 3 is 2.17 bits per heavy atom. The van der Waals surface area contributed by atoms with Gasteiger partial charge in [0.25, 0.3) is 0 Å². The highest BCUT2D eigenvalue weighted by Crippen LogP contribution is 2.24. The summed E-state index contributed by atoms with van der Waals surface area (Å²) >= 11 is 0. The van der Waals surface area contributed by atoms with Crippen molar-refractivity contribution in [2.75, 3.05) is 13.2 Å². The quantitative estimate of drug-likeness (QED) is 0.557. The number of carbonyl (C=O) groups is 2. The summed E-state index contributed by atoms with van der Waals surface area (Å²) < 4.78 is 20.6. The molecule has 0 amide bonds. The molecule has 24 heavy (non-hydrogen) atoms. The Morgan fingerprint density at radius 1 is 1.00 bits per heavy atom. The van der Waals surface area contributed by atoms with Gasteiger partial charge in [-0.2, -0.15) is 0 Å². The van der Waals surface area contributed by atoms with Gasteiger partial charge in [0, 0.05) is 6.42 Å². The molecule has 0 radical (unpaired) electrons. The molecule has 1 aliphatic carbocycles. The van der Waals surface area contributed by atoms with Gasteiger partial charge in [0.05, 0.1) is 13.2 Å². The Bertz CT molecular complexity index is 371. The first-order valence-corrected chi connectivity index (χ1v) is 9.25. The summed E-state index contributed by atoms with van der Waals surface area (Å²) in [6.07, 6.45) is 5.43. The van der Waals surface area contributed by atoms with E-state index in [-0.39, 0.29) is 18.8 Å². The Kier molecular flexibility index (Phi) is 10.3. The highest BCUT2D eigenvalue weighted by Gasteiger charge is 2.28. The summed E-state index contributed by atoms with van der Waals surface area (Å²) in [5, 5.41) is 0. The highest BCUT2D eigenvalue weighted by atomic mass is 16.7. The molecule has 6 heteroatoms. The third kappa shape index (κ3) is 8.41. The van der Waals surface area contributed by atoms with Gasteiger partial charge in [-0.25, -0.2) is 9.59 Å². The summed E-state index contributed by atoms with van der Waals surface area (Å²) in [5.41, 5.74) is 0. The number of hydrogen-bond donors (Lipinski definition) is 0. The maximum Gasteiger partial charge on any atom is 0.508 e. The number of hydrogen-bond acceptors (Lipinski definition) is 6. The van der Waals surface area contributed by atoms with E-state index in [1.165, 1.54) is 0 Å². The van der Waals surface area contributed by atoms with Gasteiger partial charge >= 0.3 is 12.3 Å². The Morgan fingerprint density at radius 2 is 1.62 bits per heavy atom. The van der Waals surface area contributed by atoms with E-state index in [9.17, 15) is 9.59 Å². The second-order valence-electron chi connectivity index (χ2n) is 6.31. The molecule has 0 spiro atoms. The zero-order valence-corrected chi connectivity index (χ0v) is 15.3. The summed E-state index contributed by atoms with van der Waals surface area (Å²) in [5.74, 6) is 0.392. The molecule has 1 saturated carbocycles. The van der Waals surface area contributed by atoms with Gasteiger partial charge in [0.1, 0.15) is 12.2 Å². The van der Waals surface area contributed by atoms with Gasteiger partial charge < -0.3 is 18.9 Å². The van der Waals surface area contributed by atoms with Crippen LogP contribution in [-0.2, 0) is 18.9 Å². The predicted molar refractivity (Wildman–Crippen MR) is 89.9 cm³/mol. The van der Waals surface area contributed by atoms with Crippen molar-refractivity contribution in [1.29, 1.82) is 0 Å². The van der Waals surface area contributed by atoms with Crippen molar-refractivity contribution in [2.24, 2.45) is 5.92 Å². The van der Waals surface area contributed by atoms with Crippen molar-refractivity contribution >= 4 is 12.3 Å². The molecule has 140 valence electrons. The molecule has 0 saturated heterocycles. The minimum atomic E-state index is -0.660. The van der Waals surface area contributed by atoms with Crippen LogP contribution in [0.15, 0.2) is 0 Å². The monoisotopic (exact) mass is 344 g/mol. The van der Waals surface area contributed by atoms with Crippen LogP contribution in [0.3, 0.4) is 0 Å². The first-order valence-electron chi connectivity index (χ1n) is 9.25.